The van der Waals surface area contributed by atoms with Gasteiger partial charge in [-0.15, -0.1) is 18.2 Å². The highest BCUT2D eigenvalue weighted by Crippen LogP contribution is 2.21. The number of terminal acetylenes is 1. The predicted octanol–water partition coefficient (Wildman–Crippen LogP) is 2.26. The molecular formula is C13H17NO2S2. The number of sulfone groups is 1. The van der Waals surface area contributed by atoms with Gasteiger partial charge in [-0.25, -0.2) is 8.42 Å². The number of hydrogen-bond acceptors (Lipinski definition) is 4. The van der Waals surface area contributed by atoms with Gasteiger partial charge in [-0.2, -0.15) is 0 Å². The molecule has 0 spiro atoms. The predicted molar refractivity (Wildman–Crippen MR) is 78.8 cm³/mol. The Morgan fingerprint density at radius 1 is 1.39 bits per heavy atom. The quantitative estimate of drug-likeness (QED) is 0.616. The molecule has 0 saturated carbocycles. The molecule has 0 heterocycles. The number of rotatable bonds is 7. The number of para-hydroxylation sites is 1. The van der Waals surface area contributed by atoms with Crippen molar-refractivity contribution in [1.82, 2.24) is 0 Å². The van der Waals surface area contributed by atoms with Crippen LogP contribution in [0.3, 0.4) is 0 Å². The normalized spacial score (nSPS) is 10.9. The van der Waals surface area contributed by atoms with E-state index in [0.717, 1.165) is 5.75 Å². The molecule has 0 aliphatic rings. The van der Waals surface area contributed by atoms with Gasteiger partial charge in [-0.1, -0.05) is 25.0 Å². The molecule has 0 saturated heterocycles. The van der Waals surface area contributed by atoms with E-state index in [4.69, 9.17) is 6.42 Å². The van der Waals surface area contributed by atoms with E-state index in [1.54, 1.807) is 36.9 Å². The summed E-state index contributed by atoms with van der Waals surface area (Å²) < 4.78 is 23.8. The summed E-state index contributed by atoms with van der Waals surface area (Å²) in [5, 5.41) is 3.14. The first-order chi connectivity index (χ1) is 8.61. The maximum Gasteiger partial charge on any atom is 0.180 e. The summed E-state index contributed by atoms with van der Waals surface area (Å²) in [5.41, 5.74) is 0.667. The van der Waals surface area contributed by atoms with Gasteiger partial charge in [0.2, 0.25) is 0 Å². The first kappa shape index (κ1) is 14.9. The topological polar surface area (TPSA) is 46.2 Å². The third-order valence-electron chi connectivity index (χ3n) is 2.35. The van der Waals surface area contributed by atoms with E-state index in [9.17, 15) is 8.42 Å². The van der Waals surface area contributed by atoms with Crippen molar-refractivity contribution in [3.8, 4) is 12.3 Å². The van der Waals surface area contributed by atoms with Crippen molar-refractivity contribution in [2.75, 3.05) is 29.1 Å². The lowest BCUT2D eigenvalue weighted by Crippen LogP contribution is -2.11. The van der Waals surface area contributed by atoms with Crippen LogP contribution < -0.4 is 5.32 Å². The van der Waals surface area contributed by atoms with E-state index < -0.39 is 9.84 Å². The van der Waals surface area contributed by atoms with Crippen molar-refractivity contribution in [3.05, 3.63) is 24.3 Å². The van der Waals surface area contributed by atoms with Crippen LogP contribution in [0.25, 0.3) is 0 Å². The van der Waals surface area contributed by atoms with Crippen LogP contribution in [0.15, 0.2) is 29.2 Å². The van der Waals surface area contributed by atoms with Gasteiger partial charge in [-0.05, 0) is 12.1 Å². The van der Waals surface area contributed by atoms with Gasteiger partial charge in [0.05, 0.1) is 22.1 Å². The van der Waals surface area contributed by atoms with E-state index in [-0.39, 0.29) is 5.75 Å². The van der Waals surface area contributed by atoms with Crippen molar-refractivity contribution in [2.24, 2.45) is 0 Å². The number of thioether (sulfide) groups is 1. The van der Waals surface area contributed by atoms with Gasteiger partial charge in [0.25, 0.3) is 0 Å². The summed E-state index contributed by atoms with van der Waals surface area (Å²) in [7, 11) is -3.18. The van der Waals surface area contributed by atoms with E-state index >= 15 is 0 Å². The van der Waals surface area contributed by atoms with E-state index in [1.807, 2.05) is 6.07 Å². The standard InChI is InChI=1S/C13H17NO2S2/c1-3-10-17-11-9-14-12-7-5-6-8-13(12)18(15,16)4-2/h1,5-8,14H,4,9-11H2,2H3. The Hall–Kier alpha value is -1.12. The zero-order chi connectivity index (χ0) is 13.4. The molecule has 18 heavy (non-hydrogen) atoms. The van der Waals surface area contributed by atoms with Gasteiger partial charge >= 0.3 is 0 Å². The maximum absolute atomic E-state index is 11.9. The lowest BCUT2D eigenvalue weighted by atomic mass is 10.3. The number of hydrogen-bond donors (Lipinski definition) is 1. The molecule has 98 valence electrons. The highest BCUT2D eigenvalue weighted by atomic mass is 32.2. The van der Waals surface area contributed by atoms with Crippen molar-refractivity contribution in [2.45, 2.75) is 11.8 Å². The smallest absolute Gasteiger partial charge is 0.180 e. The third-order valence-corrected chi connectivity index (χ3v) is 5.00. The van der Waals surface area contributed by atoms with Crippen LogP contribution in [0, 0.1) is 12.3 Å². The van der Waals surface area contributed by atoms with Crippen molar-refractivity contribution >= 4 is 27.3 Å². The second-order valence-electron chi connectivity index (χ2n) is 3.58. The van der Waals surface area contributed by atoms with Crippen LogP contribution in [0.5, 0.6) is 0 Å². The first-order valence-electron chi connectivity index (χ1n) is 5.68. The fourth-order valence-corrected chi connectivity index (χ4v) is 3.01. The van der Waals surface area contributed by atoms with Gasteiger partial charge in [0.1, 0.15) is 0 Å². The van der Waals surface area contributed by atoms with Crippen molar-refractivity contribution in [1.29, 1.82) is 0 Å². The molecule has 0 bridgehead atoms. The minimum absolute atomic E-state index is 0.109. The zero-order valence-electron chi connectivity index (χ0n) is 10.3. The number of anilines is 1. The average molecular weight is 283 g/mol. The van der Waals surface area contributed by atoms with Crippen molar-refractivity contribution in [3.63, 3.8) is 0 Å². The molecule has 0 unspecified atom stereocenters. The molecule has 1 aromatic rings. The highest BCUT2D eigenvalue weighted by Gasteiger charge is 2.15. The Labute approximate surface area is 113 Å². The minimum Gasteiger partial charge on any atom is -0.383 e. The molecule has 3 nitrogen and oxygen atoms in total. The van der Waals surface area contributed by atoms with Crippen molar-refractivity contribution < 1.29 is 8.42 Å². The fraction of sp³-hybridized carbons (Fsp3) is 0.385. The monoisotopic (exact) mass is 283 g/mol. The SMILES string of the molecule is C#CCSCCNc1ccccc1S(=O)(=O)CC. The second-order valence-corrected chi connectivity index (χ2v) is 6.93. The van der Waals surface area contributed by atoms with E-state index in [2.05, 4.69) is 11.2 Å². The fourth-order valence-electron chi connectivity index (χ4n) is 1.43. The minimum atomic E-state index is -3.18. The third kappa shape index (κ3) is 4.28. The van der Waals surface area contributed by atoms with E-state index in [1.165, 1.54) is 0 Å². The molecule has 0 aliphatic carbocycles. The van der Waals surface area contributed by atoms with Crippen LogP contribution >= 0.6 is 11.8 Å². The number of nitrogens with one attached hydrogen (secondary N) is 1. The molecule has 0 fully saturated rings. The lowest BCUT2D eigenvalue weighted by Gasteiger charge is -2.11. The summed E-state index contributed by atoms with van der Waals surface area (Å²) in [4.78, 5) is 0.370. The first-order valence-corrected chi connectivity index (χ1v) is 8.49. The zero-order valence-corrected chi connectivity index (χ0v) is 12.0. The van der Waals surface area contributed by atoms with Crippen LogP contribution in [0.2, 0.25) is 0 Å². The number of benzene rings is 1. The summed E-state index contributed by atoms with van der Waals surface area (Å²) in [6.45, 7) is 2.34. The molecule has 0 radical (unpaired) electrons. The Morgan fingerprint density at radius 2 is 2.11 bits per heavy atom. The summed E-state index contributed by atoms with van der Waals surface area (Å²) in [6, 6.07) is 6.98. The summed E-state index contributed by atoms with van der Waals surface area (Å²) in [6.07, 6.45) is 5.15. The summed E-state index contributed by atoms with van der Waals surface area (Å²) in [5.74, 6) is 4.19. The Kier molecular flexibility index (Phi) is 6.10. The Balaban J connectivity index is 2.69. The maximum atomic E-state index is 11.9. The van der Waals surface area contributed by atoms with Gasteiger partial charge < -0.3 is 5.32 Å². The average Bonchev–Trinajstić information content (AvgIpc) is 2.39. The van der Waals surface area contributed by atoms with Crippen LogP contribution in [0.4, 0.5) is 5.69 Å². The molecule has 0 aromatic heterocycles. The summed E-state index contributed by atoms with van der Waals surface area (Å²) >= 11 is 1.64. The van der Waals surface area contributed by atoms with Crippen LogP contribution in [-0.4, -0.2) is 32.2 Å². The molecule has 0 atom stereocenters. The molecule has 1 N–H and O–H groups in total. The van der Waals surface area contributed by atoms with Gasteiger partial charge in [-0.3, -0.25) is 0 Å². The molecular weight excluding hydrogens is 266 g/mol. The van der Waals surface area contributed by atoms with Crippen LogP contribution in [-0.2, 0) is 9.84 Å². The van der Waals surface area contributed by atoms with Gasteiger partial charge in [0.15, 0.2) is 9.84 Å². The largest absolute Gasteiger partial charge is 0.383 e. The molecule has 0 aliphatic heterocycles. The highest BCUT2D eigenvalue weighted by molar-refractivity contribution is 7.99. The van der Waals surface area contributed by atoms with Crippen LogP contribution in [0.1, 0.15) is 6.92 Å². The second kappa shape index (κ2) is 7.34. The molecule has 1 aromatic carbocycles. The molecule has 1 rings (SSSR count). The van der Waals surface area contributed by atoms with E-state index in [0.29, 0.717) is 22.9 Å². The lowest BCUT2D eigenvalue weighted by molar-refractivity contribution is 0.597. The molecule has 5 heteroatoms. The Morgan fingerprint density at radius 3 is 2.78 bits per heavy atom. The Bertz CT molecular complexity index is 518. The van der Waals surface area contributed by atoms with Gasteiger partial charge in [0, 0.05) is 12.3 Å². The molecule has 0 amide bonds.